The fraction of sp³-hybridized carbons (Fsp3) is 0.500. The fourth-order valence-electron chi connectivity index (χ4n) is 1.73. The topological polar surface area (TPSA) is 64.6 Å². The molecule has 0 saturated carbocycles. The van der Waals surface area contributed by atoms with E-state index in [-0.39, 0.29) is 17.2 Å². The summed E-state index contributed by atoms with van der Waals surface area (Å²) in [6.45, 7) is 8.78. The van der Waals surface area contributed by atoms with Crippen LogP contribution in [-0.4, -0.2) is 30.4 Å². The van der Waals surface area contributed by atoms with Crippen molar-refractivity contribution in [3.63, 3.8) is 0 Å². The van der Waals surface area contributed by atoms with E-state index in [0.29, 0.717) is 17.1 Å². The van der Waals surface area contributed by atoms with Gasteiger partial charge >= 0.3 is 0 Å². The Morgan fingerprint density at radius 2 is 1.86 bits per heavy atom. The molecule has 1 atom stereocenters. The Morgan fingerprint density at radius 3 is 2.33 bits per heavy atom. The van der Waals surface area contributed by atoms with Crippen LogP contribution in [0.1, 0.15) is 45.0 Å². The molecule has 0 heterocycles. The first kappa shape index (κ1) is 17.0. The Hall–Kier alpha value is -2.04. The SMILES string of the molecule is COc1ccc(C(C)=O)c(OC(C)C(=O)NC(C)(C)C)c1. The Morgan fingerprint density at radius 1 is 1.24 bits per heavy atom. The zero-order valence-corrected chi connectivity index (χ0v) is 13.4. The van der Waals surface area contributed by atoms with Crippen LogP contribution in [0.25, 0.3) is 0 Å². The highest BCUT2D eigenvalue weighted by atomic mass is 16.5. The van der Waals surface area contributed by atoms with Crippen LogP contribution in [-0.2, 0) is 4.79 Å². The maximum atomic E-state index is 12.0. The number of hydrogen-bond acceptors (Lipinski definition) is 4. The predicted molar refractivity (Wildman–Crippen MR) is 81.0 cm³/mol. The van der Waals surface area contributed by atoms with Crippen molar-refractivity contribution in [2.45, 2.75) is 46.3 Å². The number of carbonyl (C=O) groups excluding carboxylic acids is 2. The van der Waals surface area contributed by atoms with Crippen LogP contribution >= 0.6 is 0 Å². The van der Waals surface area contributed by atoms with E-state index in [4.69, 9.17) is 9.47 Å². The van der Waals surface area contributed by atoms with Crippen molar-refractivity contribution in [2.75, 3.05) is 7.11 Å². The second-order valence-corrected chi connectivity index (χ2v) is 5.92. The van der Waals surface area contributed by atoms with Gasteiger partial charge in [0.2, 0.25) is 0 Å². The largest absolute Gasteiger partial charge is 0.497 e. The van der Waals surface area contributed by atoms with Crippen molar-refractivity contribution in [3.05, 3.63) is 23.8 Å². The second kappa shape index (κ2) is 6.61. The standard InChI is InChI=1S/C16H23NO4/c1-10(18)13-8-7-12(20-6)9-14(13)21-11(2)15(19)17-16(3,4)5/h7-9,11H,1-6H3,(H,17,19). The van der Waals surface area contributed by atoms with E-state index in [9.17, 15) is 9.59 Å². The van der Waals surface area contributed by atoms with Gasteiger partial charge in [-0.25, -0.2) is 0 Å². The number of carbonyl (C=O) groups is 2. The normalized spacial score (nSPS) is 12.5. The quantitative estimate of drug-likeness (QED) is 0.847. The number of rotatable bonds is 5. The molecule has 0 radical (unpaired) electrons. The van der Waals surface area contributed by atoms with Gasteiger partial charge < -0.3 is 14.8 Å². The summed E-state index contributed by atoms with van der Waals surface area (Å²) in [5.41, 5.74) is 0.0816. The molecule has 1 N–H and O–H groups in total. The van der Waals surface area contributed by atoms with Gasteiger partial charge in [0.15, 0.2) is 11.9 Å². The van der Waals surface area contributed by atoms with Crippen LogP contribution in [0.15, 0.2) is 18.2 Å². The summed E-state index contributed by atoms with van der Waals surface area (Å²) in [5, 5.41) is 2.84. The molecule has 1 aromatic carbocycles. The molecule has 0 fully saturated rings. The van der Waals surface area contributed by atoms with Crippen molar-refractivity contribution < 1.29 is 19.1 Å². The minimum absolute atomic E-state index is 0.129. The number of ether oxygens (including phenoxy) is 2. The molecule has 0 bridgehead atoms. The number of Topliss-reactive ketones (excluding diaryl/α,β-unsaturated/α-hetero) is 1. The van der Waals surface area contributed by atoms with Crippen molar-refractivity contribution in [1.29, 1.82) is 0 Å². The highest BCUT2D eigenvalue weighted by Gasteiger charge is 2.22. The fourth-order valence-corrected chi connectivity index (χ4v) is 1.73. The van der Waals surface area contributed by atoms with Crippen molar-refractivity contribution in [2.24, 2.45) is 0 Å². The number of benzene rings is 1. The van der Waals surface area contributed by atoms with Gasteiger partial charge in [-0.2, -0.15) is 0 Å². The molecule has 0 aliphatic rings. The summed E-state index contributed by atoms with van der Waals surface area (Å²) in [6, 6.07) is 4.92. The van der Waals surface area contributed by atoms with E-state index in [1.54, 1.807) is 25.1 Å². The molecule has 1 rings (SSSR count). The predicted octanol–water partition coefficient (Wildman–Crippen LogP) is 2.58. The van der Waals surface area contributed by atoms with E-state index in [1.165, 1.54) is 14.0 Å². The van der Waals surface area contributed by atoms with Crippen LogP contribution in [0, 0.1) is 0 Å². The smallest absolute Gasteiger partial charge is 0.261 e. The van der Waals surface area contributed by atoms with Crippen molar-refractivity contribution >= 4 is 11.7 Å². The molecule has 0 aromatic heterocycles. The zero-order chi connectivity index (χ0) is 16.2. The molecule has 0 aliphatic heterocycles. The molecule has 5 heteroatoms. The van der Waals surface area contributed by atoms with E-state index < -0.39 is 6.10 Å². The van der Waals surface area contributed by atoms with Crippen LogP contribution in [0.4, 0.5) is 0 Å². The molecule has 21 heavy (non-hydrogen) atoms. The first-order valence-corrected chi connectivity index (χ1v) is 6.81. The molecule has 0 aliphatic carbocycles. The third-order valence-electron chi connectivity index (χ3n) is 2.74. The van der Waals surface area contributed by atoms with Gasteiger partial charge in [0.1, 0.15) is 11.5 Å². The number of ketones is 1. The van der Waals surface area contributed by atoms with Crippen LogP contribution < -0.4 is 14.8 Å². The van der Waals surface area contributed by atoms with E-state index >= 15 is 0 Å². The Bertz CT molecular complexity index is 532. The average molecular weight is 293 g/mol. The molecule has 1 aromatic rings. The summed E-state index contributed by atoms with van der Waals surface area (Å²) < 4.78 is 10.8. The summed E-state index contributed by atoms with van der Waals surface area (Å²) in [7, 11) is 1.53. The summed E-state index contributed by atoms with van der Waals surface area (Å²) in [5.74, 6) is 0.549. The minimum atomic E-state index is -0.713. The van der Waals surface area contributed by atoms with Gasteiger partial charge in [0.25, 0.3) is 5.91 Å². The number of amides is 1. The van der Waals surface area contributed by atoms with Gasteiger partial charge in [0.05, 0.1) is 12.7 Å². The highest BCUT2D eigenvalue weighted by molar-refractivity contribution is 5.97. The van der Waals surface area contributed by atoms with Crippen molar-refractivity contribution in [1.82, 2.24) is 5.32 Å². The van der Waals surface area contributed by atoms with Crippen molar-refractivity contribution in [3.8, 4) is 11.5 Å². The molecule has 0 spiro atoms. The van der Waals surface area contributed by atoms with Crippen LogP contribution in [0.3, 0.4) is 0 Å². The monoisotopic (exact) mass is 293 g/mol. The molecule has 0 saturated heterocycles. The maximum absolute atomic E-state index is 12.0. The molecule has 1 amide bonds. The second-order valence-electron chi connectivity index (χ2n) is 5.92. The van der Waals surface area contributed by atoms with Gasteiger partial charge in [-0.1, -0.05) is 0 Å². The lowest BCUT2D eigenvalue weighted by Crippen LogP contribution is -2.46. The van der Waals surface area contributed by atoms with Gasteiger partial charge in [-0.05, 0) is 46.8 Å². The molecular formula is C16H23NO4. The minimum Gasteiger partial charge on any atom is -0.497 e. The van der Waals surface area contributed by atoms with E-state index in [2.05, 4.69) is 5.32 Å². The first-order chi connectivity index (χ1) is 9.64. The Labute approximate surface area is 125 Å². The Balaban J connectivity index is 2.95. The van der Waals surface area contributed by atoms with E-state index in [1.807, 2.05) is 20.8 Å². The molecule has 1 unspecified atom stereocenters. The van der Waals surface area contributed by atoms with Gasteiger partial charge in [0, 0.05) is 11.6 Å². The van der Waals surface area contributed by atoms with Crippen LogP contribution in [0.5, 0.6) is 11.5 Å². The molecular weight excluding hydrogens is 270 g/mol. The zero-order valence-electron chi connectivity index (χ0n) is 13.4. The summed E-state index contributed by atoms with van der Waals surface area (Å²) in [4.78, 5) is 23.7. The number of hydrogen-bond donors (Lipinski definition) is 1. The third kappa shape index (κ3) is 5.10. The third-order valence-corrected chi connectivity index (χ3v) is 2.74. The van der Waals surface area contributed by atoms with Gasteiger partial charge in [-0.3, -0.25) is 9.59 Å². The lowest BCUT2D eigenvalue weighted by molar-refractivity contribution is -0.128. The number of methoxy groups -OCH3 is 1. The van der Waals surface area contributed by atoms with Gasteiger partial charge in [-0.15, -0.1) is 0 Å². The van der Waals surface area contributed by atoms with Crippen LogP contribution in [0.2, 0.25) is 0 Å². The maximum Gasteiger partial charge on any atom is 0.261 e. The summed E-state index contributed by atoms with van der Waals surface area (Å²) in [6.07, 6.45) is -0.713. The molecule has 116 valence electrons. The average Bonchev–Trinajstić information content (AvgIpc) is 2.36. The number of nitrogens with one attached hydrogen (secondary N) is 1. The Kier molecular flexibility index (Phi) is 5.35. The summed E-state index contributed by atoms with van der Waals surface area (Å²) >= 11 is 0. The lowest BCUT2D eigenvalue weighted by atomic mass is 10.1. The molecule has 5 nitrogen and oxygen atoms in total. The highest BCUT2D eigenvalue weighted by Crippen LogP contribution is 2.26. The van der Waals surface area contributed by atoms with E-state index in [0.717, 1.165) is 0 Å². The lowest BCUT2D eigenvalue weighted by Gasteiger charge is -2.24. The first-order valence-electron chi connectivity index (χ1n) is 6.81.